The molecule has 1 heterocycles. The van der Waals surface area contributed by atoms with Gasteiger partial charge in [0.05, 0.1) is 29.4 Å². The summed E-state index contributed by atoms with van der Waals surface area (Å²) in [5.74, 6) is -3.59. The molecule has 3 amide bonds. The van der Waals surface area contributed by atoms with Crippen LogP contribution in [-0.4, -0.2) is 47.0 Å². The maximum absolute atomic E-state index is 14.8. The van der Waals surface area contributed by atoms with Crippen molar-refractivity contribution < 1.29 is 36.7 Å². The molecule has 0 atom stereocenters. The first-order chi connectivity index (χ1) is 17.9. The average molecular weight is 530 g/mol. The number of alkyl halides is 3. The Balaban J connectivity index is 1.65. The normalized spacial score (nSPS) is 21.2. The summed E-state index contributed by atoms with van der Waals surface area (Å²) in [5.41, 5.74) is -2.27. The van der Waals surface area contributed by atoms with Gasteiger partial charge in [0, 0.05) is 12.5 Å². The number of nitrogens with one attached hydrogen (secondary N) is 1. The molecule has 4 rings (SSSR count). The van der Waals surface area contributed by atoms with Gasteiger partial charge in [-0.1, -0.05) is 12.1 Å². The summed E-state index contributed by atoms with van der Waals surface area (Å²) < 4.78 is 53.7. The Labute approximate surface area is 214 Å². The highest BCUT2D eigenvalue weighted by molar-refractivity contribution is 6.10. The number of ketones is 1. The number of hydrogen-bond acceptors (Lipinski definition) is 5. The molecule has 2 aromatic carbocycles. The van der Waals surface area contributed by atoms with Crippen LogP contribution >= 0.6 is 0 Å². The summed E-state index contributed by atoms with van der Waals surface area (Å²) in [6.45, 7) is 0.355. The zero-order valence-corrected chi connectivity index (χ0v) is 20.1. The van der Waals surface area contributed by atoms with Gasteiger partial charge in [-0.3, -0.25) is 24.1 Å². The van der Waals surface area contributed by atoms with Crippen molar-refractivity contribution >= 4 is 29.2 Å². The van der Waals surface area contributed by atoms with Crippen LogP contribution in [0, 0.1) is 23.1 Å². The fourth-order valence-corrected chi connectivity index (χ4v) is 4.80. The van der Waals surface area contributed by atoms with Crippen molar-refractivity contribution in [3.05, 3.63) is 65.0 Å². The zero-order valence-electron chi connectivity index (χ0n) is 20.1. The maximum atomic E-state index is 14.8. The minimum atomic E-state index is -4.54. The minimum Gasteiger partial charge on any atom is -0.349 e. The number of anilines is 1. The molecule has 1 spiro atoms. The number of amides is 3. The van der Waals surface area contributed by atoms with E-state index in [1.807, 2.05) is 0 Å². The van der Waals surface area contributed by atoms with Crippen LogP contribution in [0.3, 0.4) is 0 Å². The maximum Gasteiger partial charge on any atom is 0.416 e. The van der Waals surface area contributed by atoms with Gasteiger partial charge >= 0.3 is 6.18 Å². The monoisotopic (exact) mass is 530 g/mol. The van der Waals surface area contributed by atoms with Gasteiger partial charge in [0.2, 0.25) is 11.8 Å². The minimum absolute atomic E-state index is 0.0199. The first-order valence-corrected chi connectivity index (χ1v) is 11.6. The molecule has 1 saturated heterocycles. The predicted octanol–water partition coefficient (Wildman–Crippen LogP) is 2.95. The van der Waals surface area contributed by atoms with Crippen molar-refractivity contribution in [2.75, 3.05) is 18.0 Å². The Kier molecular flexibility index (Phi) is 6.97. The molecule has 2 aliphatic rings. The number of halogens is 4. The molecular weight excluding hydrogens is 508 g/mol. The van der Waals surface area contributed by atoms with Gasteiger partial charge in [0.15, 0.2) is 0 Å². The van der Waals surface area contributed by atoms with Crippen molar-refractivity contribution in [1.29, 1.82) is 5.26 Å². The van der Waals surface area contributed by atoms with E-state index in [9.17, 15) is 36.7 Å². The van der Waals surface area contributed by atoms with E-state index in [2.05, 4.69) is 5.32 Å². The molecule has 1 saturated carbocycles. The van der Waals surface area contributed by atoms with Crippen LogP contribution in [0.5, 0.6) is 0 Å². The third-order valence-corrected chi connectivity index (χ3v) is 6.79. The third kappa shape index (κ3) is 4.96. The van der Waals surface area contributed by atoms with Crippen LogP contribution in [0.1, 0.15) is 36.5 Å². The predicted molar refractivity (Wildman–Crippen MR) is 125 cm³/mol. The van der Waals surface area contributed by atoms with Crippen LogP contribution < -0.4 is 10.2 Å². The summed E-state index contributed by atoms with van der Waals surface area (Å²) in [6, 6.07) is 9.39. The Morgan fingerprint density at radius 3 is 2.34 bits per heavy atom. The summed E-state index contributed by atoms with van der Waals surface area (Å²) in [7, 11) is 0. The number of benzene rings is 2. The average Bonchev–Trinajstić information content (AvgIpc) is 2.83. The number of nitriles is 1. The molecule has 1 N–H and O–H groups in total. The van der Waals surface area contributed by atoms with E-state index in [1.54, 1.807) is 6.07 Å². The quantitative estimate of drug-likeness (QED) is 0.578. The van der Waals surface area contributed by atoms with Gasteiger partial charge in [-0.25, -0.2) is 4.39 Å². The van der Waals surface area contributed by atoms with Crippen LogP contribution in [0.15, 0.2) is 42.5 Å². The van der Waals surface area contributed by atoms with Gasteiger partial charge in [0.1, 0.15) is 23.7 Å². The van der Waals surface area contributed by atoms with Gasteiger partial charge in [-0.2, -0.15) is 18.4 Å². The van der Waals surface area contributed by atoms with Gasteiger partial charge < -0.3 is 10.2 Å². The number of rotatable bonds is 6. The molecule has 0 bridgehead atoms. The number of Topliss-reactive ketones (excluding diaryl/α,β-unsaturated/α-hetero) is 1. The molecule has 12 heteroatoms. The number of piperazine rings is 1. The summed E-state index contributed by atoms with van der Waals surface area (Å²) in [5, 5.41) is 11.5. The molecule has 1 aliphatic carbocycles. The van der Waals surface area contributed by atoms with E-state index < -0.39 is 53.3 Å². The topological polar surface area (TPSA) is 111 Å². The largest absolute Gasteiger partial charge is 0.416 e. The van der Waals surface area contributed by atoms with Gasteiger partial charge in [-0.15, -0.1) is 0 Å². The number of carbonyl (C=O) groups is 4. The van der Waals surface area contributed by atoms with Crippen LogP contribution in [-0.2, 0) is 31.9 Å². The lowest BCUT2D eigenvalue weighted by molar-refractivity contribution is -0.165. The second-order valence-electron chi connectivity index (χ2n) is 9.40. The van der Waals surface area contributed by atoms with E-state index in [-0.39, 0.29) is 43.0 Å². The lowest BCUT2D eigenvalue weighted by atomic mass is 9.64. The zero-order chi connectivity index (χ0) is 27.8. The van der Waals surface area contributed by atoms with Gasteiger partial charge in [0.25, 0.3) is 5.91 Å². The SMILES string of the molecule is CC(=O)CNC(=O)C1CC2(C1)C(=O)N(c1ccc(C#N)cc1F)CC(=O)N2Cc1ccc(C(F)(F)F)cc1. The molecule has 198 valence electrons. The van der Waals surface area contributed by atoms with Crippen molar-refractivity contribution in [2.45, 2.75) is 38.0 Å². The Morgan fingerprint density at radius 2 is 1.79 bits per heavy atom. The van der Waals surface area contributed by atoms with E-state index in [0.717, 1.165) is 23.1 Å². The smallest absolute Gasteiger partial charge is 0.349 e. The van der Waals surface area contributed by atoms with Crippen molar-refractivity contribution in [2.24, 2.45) is 5.92 Å². The highest BCUT2D eigenvalue weighted by atomic mass is 19.4. The Bertz CT molecular complexity index is 1340. The molecule has 0 radical (unpaired) electrons. The van der Waals surface area contributed by atoms with E-state index in [1.165, 1.54) is 36.1 Å². The highest BCUT2D eigenvalue weighted by Crippen LogP contribution is 2.47. The summed E-state index contributed by atoms with van der Waals surface area (Å²) >= 11 is 0. The lowest BCUT2D eigenvalue weighted by Crippen LogP contribution is -2.73. The van der Waals surface area contributed by atoms with Gasteiger partial charge in [-0.05, 0) is 55.7 Å². The van der Waals surface area contributed by atoms with Crippen molar-refractivity contribution in [3.8, 4) is 6.07 Å². The Morgan fingerprint density at radius 1 is 1.13 bits per heavy atom. The molecule has 1 aliphatic heterocycles. The molecular formula is C26H22F4N4O4. The van der Waals surface area contributed by atoms with Crippen LogP contribution in [0.25, 0.3) is 0 Å². The standard InChI is InChI=1S/C26H22F4N4O4/c1-15(35)12-32-23(37)18-9-25(10-18)24(38)33(21-7-4-17(11-31)8-20(21)27)14-22(36)34(25)13-16-2-5-19(6-3-16)26(28,29)30/h2-8,18H,9-10,12-14H2,1H3,(H,32,37). The van der Waals surface area contributed by atoms with E-state index in [4.69, 9.17) is 5.26 Å². The van der Waals surface area contributed by atoms with Crippen LogP contribution in [0.2, 0.25) is 0 Å². The third-order valence-electron chi connectivity index (χ3n) is 6.79. The molecule has 2 fully saturated rings. The summed E-state index contributed by atoms with van der Waals surface area (Å²) in [4.78, 5) is 53.0. The fourth-order valence-electron chi connectivity index (χ4n) is 4.80. The second kappa shape index (κ2) is 9.89. The Hall–Kier alpha value is -4.27. The molecule has 0 unspecified atom stereocenters. The van der Waals surface area contributed by atoms with Crippen molar-refractivity contribution in [3.63, 3.8) is 0 Å². The first-order valence-electron chi connectivity index (χ1n) is 11.6. The van der Waals surface area contributed by atoms with Crippen molar-refractivity contribution in [1.82, 2.24) is 10.2 Å². The first kappa shape index (κ1) is 26.8. The molecule has 8 nitrogen and oxygen atoms in total. The fraction of sp³-hybridized carbons (Fsp3) is 0.346. The highest BCUT2D eigenvalue weighted by Gasteiger charge is 2.61. The van der Waals surface area contributed by atoms with Crippen LogP contribution in [0.4, 0.5) is 23.2 Å². The summed E-state index contributed by atoms with van der Waals surface area (Å²) in [6.07, 6.45) is -4.77. The number of nitrogens with zero attached hydrogens (tertiary/aromatic N) is 3. The van der Waals surface area contributed by atoms with E-state index >= 15 is 0 Å². The molecule has 38 heavy (non-hydrogen) atoms. The number of hydrogen-bond donors (Lipinski definition) is 1. The second-order valence-corrected chi connectivity index (χ2v) is 9.40. The number of carbonyl (C=O) groups excluding carboxylic acids is 4. The molecule has 2 aromatic rings. The lowest BCUT2D eigenvalue weighted by Gasteiger charge is -2.56. The van der Waals surface area contributed by atoms with E-state index in [0.29, 0.717) is 5.56 Å². The molecule has 0 aromatic heterocycles.